The fourth-order valence-corrected chi connectivity index (χ4v) is 2.01. The van der Waals surface area contributed by atoms with Gasteiger partial charge in [-0.15, -0.1) is 11.3 Å². The van der Waals surface area contributed by atoms with E-state index in [1.54, 1.807) is 33.8 Å². The molecule has 5 heteroatoms. The van der Waals surface area contributed by atoms with Crippen molar-refractivity contribution in [2.45, 2.75) is 33.3 Å². The van der Waals surface area contributed by atoms with Crippen molar-refractivity contribution >= 4 is 23.3 Å². The number of ether oxygens (including phenoxy) is 1. The van der Waals surface area contributed by atoms with Crippen molar-refractivity contribution < 1.29 is 19.4 Å². The molecular formula is C11H14O4S. The highest BCUT2D eigenvalue weighted by Crippen LogP contribution is 2.24. The van der Waals surface area contributed by atoms with E-state index >= 15 is 0 Å². The second-order valence-electron chi connectivity index (χ2n) is 4.43. The lowest BCUT2D eigenvalue weighted by molar-refractivity contribution is 0.00750. The first kappa shape index (κ1) is 12.7. The summed E-state index contributed by atoms with van der Waals surface area (Å²) in [6.45, 7) is 6.96. The van der Waals surface area contributed by atoms with Crippen LogP contribution in [0.25, 0.3) is 0 Å². The highest BCUT2D eigenvalue weighted by atomic mass is 32.1. The van der Waals surface area contributed by atoms with Crippen molar-refractivity contribution in [3.63, 3.8) is 0 Å². The van der Waals surface area contributed by atoms with Gasteiger partial charge >= 0.3 is 11.9 Å². The average Bonchev–Trinajstić information content (AvgIpc) is 2.44. The lowest BCUT2D eigenvalue weighted by Gasteiger charge is -2.18. The van der Waals surface area contributed by atoms with Crippen LogP contribution in [0.2, 0.25) is 0 Å². The smallest absolute Gasteiger partial charge is 0.348 e. The average molecular weight is 242 g/mol. The Labute approximate surface area is 97.9 Å². The first-order valence-corrected chi connectivity index (χ1v) is 5.59. The van der Waals surface area contributed by atoms with Crippen LogP contribution in [0.1, 0.15) is 45.7 Å². The van der Waals surface area contributed by atoms with Gasteiger partial charge < -0.3 is 9.84 Å². The van der Waals surface area contributed by atoms with Crippen molar-refractivity contribution in [1.82, 2.24) is 0 Å². The summed E-state index contributed by atoms with van der Waals surface area (Å²) in [5.41, 5.74) is 0.0107. The van der Waals surface area contributed by atoms with Gasteiger partial charge in [0.15, 0.2) is 0 Å². The number of hydrogen-bond acceptors (Lipinski definition) is 4. The molecule has 0 bridgehead atoms. The minimum atomic E-state index is -1.02. The molecule has 0 unspecified atom stereocenters. The second-order valence-corrected chi connectivity index (χ2v) is 5.48. The largest absolute Gasteiger partial charge is 0.477 e. The van der Waals surface area contributed by atoms with Crippen molar-refractivity contribution in [3.8, 4) is 0 Å². The predicted molar refractivity (Wildman–Crippen MR) is 61.2 cm³/mol. The Kier molecular flexibility index (Phi) is 3.38. The van der Waals surface area contributed by atoms with Crippen LogP contribution in [-0.2, 0) is 4.74 Å². The van der Waals surface area contributed by atoms with Crippen LogP contribution in [0.4, 0.5) is 0 Å². The molecule has 0 aliphatic rings. The van der Waals surface area contributed by atoms with Gasteiger partial charge in [-0.3, -0.25) is 0 Å². The van der Waals surface area contributed by atoms with Crippen LogP contribution < -0.4 is 0 Å². The molecule has 1 N–H and O–H groups in total. The fourth-order valence-electron chi connectivity index (χ4n) is 1.12. The second kappa shape index (κ2) is 4.25. The van der Waals surface area contributed by atoms with Gasteiger partial charge in [-0.1, -0.05) is 0 Å². The molecule has 1 rings (SSSR count). The summed E-state index contributed by atoms with van der Waals surface area (Å²) < 4.78 is 5.15. The molecule has 0 aromatic carbocycles. The van der Waals surface area contributed by atoms with E-state index < -0.39 is 17.5 Å². The number of carboxylic acids is 1. The zero-order chi connectivity index (χ0) is 12.5. The summed E-state index contributed by atoms with van der Waals surface area (Å²) in [5, 5.41) is 8.85. The Balaban J connectivity index is 2.94. The standard InChI is InChI=1S/C11H14O4S/c1-6-5-7(16-8(6)9(12)13)10(14)15-11(2,3)4/h5H,1-4H3,(H,12,13). The zero-order valence-corrected chi connectivity index (χ0v) is 10.5. The summed E-state index contributed by atoms with van der Waals surface area (Å²) >= 11 is 0.942. The third-order valence-corrected chi connectivity index (χ3v) is 2.92. The van der Waals surface area contributed by atoms with E-state index in [0.717, 1.165) is 11.3 Å². The molecule has 0 saturated heterocycles. The predicted octanol–water partition coefficient (Wildman–Crippen LogP) is 2.71. The molecule has 4 nitrogen and oxygen atoms in total. The van der Waals surface area contributed by atoms with E-state index in [1.165, 1.54) is 0 Å². The Hall–Kier alpha value is -1.36. The van der Waals surface area contributed by atoms with Crippen LogP contribution in [0.5, 0.6) is 0 Å². The van der Waals surface area contributed by atoms with Crippen molar-refractivity contribution in [2.24, 2.45) is 0 Å². The molecule has 88 valence electrons. The van der Waals surface area contributed by atoms with Crippen molar-refractivity contribution in [3.05, 3.63) is 21.4 Å². The Morgan fingerprint density at radius 2 is 1.94 bits per heavy atom. The minimum absolute atomic E-state index is 0.181. The summed E-state index contributed by atoms with van der Waals surface area (Å²) in [6, 6.07) is 1.54. The van der Waals surface area contributed by atoms with Crippen molar-refractivity contribution in [2.75, 3.05) is 0 Å². The number of esters is 1. The van der Waals surface area contributed by atoms with Gasteiger partial charge in [-0.05, 0) is 39.3 Å². The lowest BCUT2D eigenvalue weighted by Crippen LogP contribution is -2.23. The number of thiophene rings is 1. The summed E-state index contributed by atoms with van der Waals surface area (Å²) in [5.74, 6) is -1.49. The highest BCUT2D eigenvalue weighted by Gasteiger charge is 2.22. The maximum Gasteiger partial charge on any atom is 0.348 e. The molecule has 1 heterocycles. The number of carboxylic acid groups (broad SMARTS) is 1. The maximum absolute atomic E-state index is 11.6. The van der Waals surface area contributed by atoms with Gasteiger partial charge in [0.05, 0.1) is 0 Å². The minimum Gasteiger partial charge on any atom is -0.477 e. The van der Waals surface area contributed by atoms with Crippen LogP contribution in [0.3, 0.4) is 0 Å². The maximum atomic E-state index is 11.6. The van der Waals surface area contributed by atoms with Crippen LogP contribution in [-0.4, -0.2) is 22.6 Å². The Morgan fingerprint density at radius 1 is 1.38 bits per heavy atom. The molecule has 0 aliphatic heterocycles. The molecule has 0 radical (unpaired) electrons. The third kappa shape index (κ3) is 3.06. The fraction of sp³-hybridized carbons (Fsp3) is 0.455. The van der Waals surface area contributed by atoms with E-state index in [9.17, 15) is 9.59 Å². The Morgan fingerprint density at radius 3 is 2.31 bits per heavy atom. The number of rotatable bonds is 2. The lowest BCUT2D eigenvalue weighted by atomic mass is 10.2. The van der Waals surface area contributed by atoms with Crippen molar-refractivity contribution in [1.29, 1.82) is 0 Å². The van der Waals surface area contributed by atoms with Gasteiger partial charge in [0.1, 0.15) is 15.4 Å². The number of aryl methyl sites for hydroxylation is 1. The van der Waals surface area contributed by atoms with Gasteiger partial charge in [-0.2, -0.15) is 0 Å². The molecule has 0 aliphatic carbocycles. The van der Waals surface area contributed by atoms with Gasteiger partial charge in [0.25, 0.3) is 0 Å². The molecule has 1 aromatic rings. The third-order valence-electron chi connectivity index (χ3n) is 1.71. The summed E-state index contributed by atoms with van der Waals surface area (Å²) in [7, 11) is 0. The molecule has 0 spiro atoms. The molecule has 0 fully saturated rings. The number of carbonyl (C=O) groups is 2. The monoisotopic (exact) mass is 242 g/mol. The summed E-state index contributed by atoms with van der Waals surface area (Å²) in [6.07, 6.45) is 0. The normalized spacial score (nSPS) is 11.2. The molecule has 0 atom stereocenters. The molecule has 0 amide bonds. The number of aromatic carboxylic acids is 1. The van der Waals surface area contributed by atoms with Gasteiger partial charge in [0.2, 0.25) is 0 Å². The van der Waals surface area contributed by atoms with Gasteiger partial charge in [0, 0.05) is 0 Å². The Bertz CT molecular complexity index is 426. The summed E-state index contributed by atoms with van der Waals surface area (Å²) in [4.78, 5) is 23.0. The first-order chi connectivity index (χ1) is 7.20. The van der Waals surface area contributed by atoms with Crippen LogP contribution >= 0.6 is 11.3 Å². The highest BCUT2D eigenvalue weighted by molar-refractivity contribution is 7.16. The SMILES string of the molecule is Cc1cc(C(=O)OC(C)(C)C)sc1C(=O)O. The van der Waals surface area contributed by atoms with E-state index in [2.05, 4.69) is 0 Å². The van der Waals surface area contributed by atoms with E-state index in [-0.39, 0.29) is 4.88 Å². The van der Waals surface area contributed by atoms with E-state index in [0.29, 0.717) is 10.4 Å². The van der Waals surface area contributed by atoms with Crippen LogP contribution in [0.15, 0.2) is 6.07 Å². The molecule has 1 aromatic heterocycles. The molecule has 16 heavy (non-hydrogen) atoms. The molecular weight excluding hydrogens is 228 g/mol. The van der Waals surface area contributed by atoms with E-state index in [4.69, 9.17) is 9.84 Å². The van der Waals surface area contributed by atoms with E-state index in [1.807, 2.05) is 0 Å². The number of carbonyl (C=O) groups excluding carboxylic acids is 1. The topological polar surface area (TPSA) is 63.6 Å². The quantitative estimate of drug-likeness (QED) is 0.810. The first-order valence-electron chi connectivity index (χ1n) is 4.78. The molecule has 0 saturated carbocycles. The van der Waals surface area contributed by atoms with Crippen LogP contribution in [0, 0.1) is 6.92 Å². The zero-order valence-electron chi connectivity index (χ0n) is 9.66. The number of hydrogen-bond donors (Lipinski definition) is 1. The van der Waals surface area contributed by atoms with Gasteiger partial charge in [-0.25, -0.2) is 9.59 Å².